The number of anilines is 2. The Bertz CT molecular complexity index is 455. The minimum Gasteiger partial charge on any atom is -0.391 e. The van der Waals surface area contributed by atoms with Gasteiger partial charge in [-0.3, -0.25) is 0 Å². The molecule has 0 saturated heterocycles. The summed E-state index contributed by atoms with van der Waals surface area (Å²) in [6.45, 7) is 2.99. The van der Waals surface area contributed by atoms with Crippen LogP contribution < -0.4 is 10.2 Å². The van der Waals surface area contributed by atoms with Gasteiger partial charge in [0.1, 0.15) is 18.2 Å². The van der Waals surface area contributed by atoms with Gasteiger partial charge in [0.15, 0.2) is 5.82 Å². The first-order valence-electron chi connectivity index (χ1n) is 7.70. The lowest BCUT2D eigenvalue weighted by atomic mass is 9.91. The van der Waals surface area contributed by atoms with E-state index in [1.54, 1.807) is 0 Å². The quantitative estimate of drug-likeness (QED) is 0.833. The van der Waals surface area contributed by atoms with Crippen LogP contribution in [0.3, 0.4) is 0 Å². The van der Waals surface area contributed by atoms with Crippen molar-refractivity contribution in [1.29, 1.82) is 0 Å². The van der Waals surface area contributed by atoms with Crippen molar-refractivity contribution in [2.45, 2.75) is 51.4 Å². The molecule has 0 bridgehead atoms. The molecule has 1 aliphatic rings. The maximum atomic E-state index is 10.2. The highest BCUT2D eigenvalue weighted by molar-refractivity contribution is 5.49. The first kappa shape index (κ1) is 16.0. The van der Waals surface area contributed by atoms with Crippen LogP contribution in [0.25, 0.3) is 0 Å². The topological polar surface area (TPSA) is 70.5 Å². The lowest BCUT2D eigenvalue weighted by molar-refractivity contribution is 0.105. The molecule has 6 nitrogen and oxygen atoms in total. The predicted molar refractivity (Wildman–Crippen MR) is 83.6 cm³/mol. The van der Waals surface area contributed by atoms with Crippen LogP contribution in [0.2, 0.25) is 0 Å². The molecule has 2 atom stereocenters. The lowest BCUT2D eigenvalue weighted by Crippen LogP contribution is -2.44. The summed E-state index contributed by atoms with van der Waals surface area (Å²) in [5, 5.41) is 13.3. The third kappa shape index (κ3) is 4.04. The predicted octanol–water partition coefficient (Wildman–Crippen LogP) is 1.79. The van der Waals surface area contributed by atoms with Crippen molar-refractivity contribution in [3.8, 4) is 0 Å². The average Bonchev–Trinajstić information content (AvgIpc) is 2.52. The molecule has 0 radical (unpaired) electrons. The standard InChI is InChI=1S/C15H26N4O2/c1-4-21-10-14-17-13(16-2)9-15(18-14)19(3)11-7-5-6-8-12(11)20/h9,11-12,20H,4-8,10H2,1-3H3,(H,16,17,18). The van der Waals surface area contributed by atoms with E-state index in [0.717, 1.165) is 37.3 Å². The van der Waals surface area contributed by atoms with Crippen molar-refractivity contribution >= 4 is 11.6 Å². The summed E-state index contributed by atoms with van der Waals surface area (Å²) in [7, 11) is 3.83. The molecule has 21 heavy (non-hydrogen) atoms. The minimum atomic E-state index is -0.285. The fourth-order valence-electron chi connectivity index (χ4n) is 2.76. The van der Waals surface area contributed by atoms with Crippen LogP contribution in [0.15, 0.2) is 6.07 Å². The van der Waals surface area contributed by atoms with Crippen molar-refractivity contribution in [1.82, 2.24) is 9.97 Å². The first-order chi connectivity index (χ1) is 10.2. The van der Waals surface area contributed by atoms with Gasteiger partial charge in [0.25, 0.3) is 0 Å². The average molecular weight is 294 g/mol. The molecule has 1 heterocycles. The van der Waals surface area contributed by atoms with E-state index in [0.29, 0.717) is 19.0 Å². The highest BCUT2D eigenvalue weighted by Gasteiger charge is 2.27. The van der Waals surface area contributed by atoms with Crippen LogP contribution in [-0.4, -0.2) is 47.9 Å². The van der Waals surface area contributed by atoms with Crippen LogP contribution >= 0.6 is 0 Å². The number of hydrogen-bond donors (Lipinski definition) is 2. The third-order valence-electron chi connectivity index (χ3n) is 4.00. The van der Waals surface area contributed by atoms with Gasteiger partial charge in [0.2, 0.25) is 0 Å². The molecule has 0 aliphatic heterocycles. The molecule has 2 rings (SSSR count). The van der Waals surface area contributed by atoms with Gasteiger partial charge >= 0.3 is 0 Å². The fraction of sp³-hybridized carbons (Fsp3) is 0.733. The molecule has 1 aliphatic carbocycles. The normalized spacial score (nSPS) is 22.1. The fourth-order valence-corrected chi connectivity index (χ4v) is 2.76. The molecule has 0 spiro atoms. The molecule has 0 amide bonds. The van der Waals surface area contributed by atoms with Gasteiger partial charge in [-0.25, -0.2) is 9.97 Å². The zero-order valence-corrected chi connectivity index (χ0v) is 13.2. The largest absolute Gasteiger partial charge is 0.391 e. The second-order valence-electron chi connectivity index (χ2n) is 5.44. The molecule has 2 N–H and O–H groups in total. The summed E-state index contributed by atoms with van der Waals surface area (Å²) in [4.78, 5) is 11.0. The number of likely N-dealkylation sites (N-methyl/N-ethyl adjacent to an activating group) is 1. The van der Waals surface area contributed by atoms with Gasteiger partial charge in [-0.2, -0.15) is 0 Å². The van der Waals surface area contributed by atoms with Gasteiger partial charge in [-0.15, -0.1) is 0 Å². The van der Waals surface area contributed by atoms with Gasteiger partial charge in [-0.05, 0) is 19.8 Å². The Balaban J connectivity index is 2.19. The molecule has 118 valence electrons. The summed E-state index contributed by atoms with van der Waals surface area (Å²) in [5.74, 6) is 2.26. The minimum absolute atomic E-state index is 0.123. The maximum Gasteiger partial charge on any atom is 0.158 e. The van der Waals surface area contributed by atoms with E-state index < -0.39 is 0 Å². The number of nitrogens with zero attached hydrogens (tertiary/aromatic N) is 3. The molecule has 1 fully saturated rings. The molecule has 1 aromatic rings. The van der Waals surface area contributed by atoms with Gasteiger partial charge < -0.3 is 20.1 Å². The second kappa shape index (κ2) is 7.56. The van der Waals surface area contributed by atoms with Crippen molar-refractivity contribution < 1.29 is 9.84 Å². The van der Waals surface area contributed by atoms with E-state index in [2.05, 4.69) is 20.2 Å². The highest BCUT2D eigenvalue weighted by Crippen LogP contribution is 2.26. The number of nitrogens with one attached hydrogen (secondary N) is 1. The zero-order valence-electron chi connectivity index (χ0n) is 13.2. The molecule has 1 aromatic heterocycles. The maximum absolute atomic E-state index is 10.2. The molecule has 1 saturated carbocycles. The first-order valence-corrected chi connectivity index (χ1v) is 7.70. The van der Waals surface area contributed by atoms with Crippen molar-refractivity contribution in [2.75, 3.05) is 30.9 Å². The van der Waals surface area contributed by atoms with Gasteiger partial charge in [0, 0.05) is 26.8 Å². The second-order valence-corrected chi connectivity index (χ2v) is 5.44. The Morgan fingerprint density at radius 3 is 2.81 bits per heavy atom. The number of aliphatic hydroxyl groups excluding tert-OH is 1. The smallest absolute Gasteiger partial charge is 0.158 e. The number of aliphatic hydroxyl groups is 1. The lowest BCUT2D eigenvalue weighted by Gasteiger charge is -2.36. The third-order valence-corrected chi connectivity index (χ3v) is 4.00. The number of ether oxygens (including phenoxy) is 1. The van der Waals surface area contributed by atoms with Gasteiger partial charge in [-0.1, -0.05) is 12.8 Å². The molecule has 0 aromatic carbocycles. The Labute approximate surface area is 126 Å². The Morgan fingerprint density at radius 1 is 1.38 bits per heavy atom. The summed E-state index contributed by atoms with van der Waals surface area (Å²) in [5.41, 5.74) is 0. The zero-order chi connectivity index (χ0) is 15.2. The Kier molecular flexibility index (Phi) is 5.76. The van der Waals surface area contributed by atoms with Gasteiger partial charge in [0.05, 0.1) is 12.1 Å². The van der Waals surface area contributed by atoms with Crippen LogP contribution in [0.4, 0.5) is 11.6 Å². The summed E-state index contributed by atoms with van der Waals surface area (Å²) in [6, 6.07) is 2.04. The highest BCUT2D eigenvalue weighted by atomic mass is 16.5. The molecular weight excluding hydrogens is 268 g/mol. The van der Waals surface area contributed by atoms with E-state index in [1.165, 1.54) is 0 Å². The number of hydrogen-bond acceptors (Lipinski definition) is 6. The van der Waals surface area contributed by atoms with Crippen LogP contribution in [-0.2, 0) is 11.3 Å². The SMILES string of the molecule is CCOCc1nc(NC)cc(N(C)C2CCCCC2O)n1. The van der Waals surface area contributed by atoms with E-state index in [4.69, 9.17) is 4.74 Å². The van der Waals surface area contributed by atoms with Crippen LogP contribution in [0, 0.1) is 0 Å². The van der Waals surface area contributed by atoms with Crippen molar-refractivity contribution in [3.63, 3.8) is 0 Å². The summed E-state index contributed by atoms with van der Waals surface area (Å²) < 4.78 is 5.40. The van der Waals surface area contributed by atoms with E-state index in [-0.39, 0.29) is 12.1 Å². The van der Waals surface area contributed by atoms with Crippen molar-refractivity contribution in [2.24, 2.45) is 0 Å². The monoisotopic (exact) mass is 294 g/mol. The van der Waals surface area contributed by atoms with Crippen molar-refractivity contribution in [3.05, 3.63) is 11.9 Å². The van der Waals surface area contributed by atoms with Crippen LogP contribution in [0.5, 0.6) is 0 Å². The summed E-state index contributed by atoms with van der Waals surface area (Å²) in [6.07, 6.45) is 3.84. The Morgan fingerprint density at radius 2 is 2.14 bits per heavy atom. The van der Waals surface area contributed by atoms with Crippen LogP contribution in [0.1, 0.15) is 38.4 Å². The van der Waals surface area contributed by atoms with E-state index in [1.807, 2.05) is 27.1 Å². The van der Waals surface area contributed by atoms with E-state index in [9.17, 15) is 5.11 Å². The van der Waals surface area contributed by atoms with E-state index >= 15 is 0 Å². The molecule has 2 unspecified atom stereocenters. The molecular formula is C15H26N4O2. The number of aromatic nitrogens is 2. The Hall–Kier alpha value is -1.40. The number of rotatable bonds is 6. The summed E-state index contributed by atoms with van der Waals surface area (Å²) >= 11 is 0. The molecule has 6 heteroatoms.